The zero-order chi connectivity index (χ0) is 14.7. The van der Waals surface area contributed by atoms with Crippen LogP contribution in [-0.4, -0.2) is 26.5 Å². The van der Waals surface area contributed by atoms with Gasteiger partial charge in [-0.05, 0) is 31.2 Å². The molecule has 1 aromatic heterocycles. The first-order chi connectivity index (χ1) is 9.49. The summed E-state index contributed by atoms with van der Waals surface area (Å²) in [4.78, 5) is 36.2. The standard InChI is InChI=1S/C13H13N3O4/c1-8(12(18)19)11(17)15-9-2-4-10(5-3-9)16-7-6-14-13(16)20/h2-8H,1H3,(H,14,20)(H,15,17)(H,18,19). The van der Waals surface area contributed by atoms with Crippen LogP contribution in [0.25, 0.3) is 5.69 Å². The van der Waals surface area contributed by atoms with Crippen LogP contribution in [0.1, 0.15) is 6.92 Å². The summed E-state index contributed by atoms with van der Waals surface area (Å²) in [6.45, 7) is 1.31. The number of carbonyl (C=O) groups excluding carboxylic acids is 1. The minimum Gasteiger partial charge on any atom is -0.481 e. The maximum absolute atomic E-state index is 11.6. The number of imidazole rings is 1. The highest BCUT2D eigenvalue weighted by molar-refractivity contribution is 6.03. The minimum atomic E-state index is -1.18. The van der Waals surface area contributed by atoms with Crippen LogP contribution in [0.5, 0.6) is 0 Å². The van der Waals surface area contributed by atoms with Gasteiger partial charge < -0.3 is 15.4 Å². The molecule has 2 aromatic rings. The lowest BCUT2D eigenvalue weighted by Crippen LogP contribution is -2.26. The molecule has 1 atom stereocenters. The van der Waals surface area contributed by atoms with Gasteiger partial charge in [-0.15, -0.1) is 0 Å². The summed E-state index contributed by atoms with van der Waals surface area (Å²) in [5.74, 6) is -2.90. The number of hydrogen-bond donors (Lipinski definition) is 3. The molecule has 0 spiro atoms. The fourth-order valence-electron chi connectivity index (χ4n) is 1.59. The summed E-state index contributed by atoms with van der Waals surface area (Å²) < 4.78 is 1.41. The van der Waals surface area contributed by atoms with Gasteiger partial charge in [0.05, 0.1) is 5.69 Å². The van der Waals surface area contributed by atoms with Gasteiger partial charge in [0.1, 0.15) is 5.92 Å². The first-order valence-electron chi connectivity index (χ1n) is 5.89. The van der Waals surface area contributed by atoms with Crippen molar-refractivity contribution in [3.8, 4) is 5.69 Å². The van der Waals surface area contributed by atoms with Crippen LogP contribution in [0.2, 0.25) is 0 Å². The van der Waals surface area contributed by atoms with Crippen LogP contribution in [0.4, 0.5) is 5.69 Å². The van der Waals surface area contributed by atoms with Crippen molar-refractivity contribution in [1.29, 1.82) is 0 Å². The summed E-state index contributed by atoms with van der Waals surface area (Å²) in [5, 5.41) is 11.2. The van der Waals surface area contributed by atoms with Crippen LogP contribution >= 0.6 is 0 Å². The molecule has 1 unspecified atom stereocenters. The molecular weight excluding hydrogens is 262 g/mol. The van der Waals surface area contributed by atoms with Crippen molar-refractivity contribution >= 4 is 17.6 Å². The lowest BCUT2D eigenvalue weighted by atomic mass is 10.1. The minimum absolute atomic E-state index is 0.263. The molecule has 0 fully saturated rings. The molecule has 0 saturated carbocycles. The fourth-order valence-corrected chi connectivity index (χ4v) is 1.59. The van der Waals surface area contributed by atoms with E-state index in [0.29, 0.717) is 11.4 Å². The van der Waals surface area contributed by atoms with E-state index in [-0.39, 0.29) is 5.69 Å². The molecule has 7 nitrogen and oxygen atoms in total. The number of amides is 1. The number of nitrogens with zero attached hydrogens (tertiary/aromatic N) is 1. The molecule has 1 heterocycles. The van der Waals surface area contributed by atoms with Gasteiger partial charge in [-0.1, -0.05) is 0 Å². The number of rotatable bonds is 4. The maximum Gasteiger partial charge on any atom is 0.330 e. The van der Waals surface area contributed by atoms with E-state index in [1.165, 1.54) is 17.7 Å². The third-order valence-corrected chi connectivity index (χ3v) is 2.83. The van der Waals surface area contributed by atoms with Crippen molar-refractivity contribution in [1.82, 2.24) is 9.55 Å². The second-order valence-electron chi connectivity index (χ2n) is 4.23. The Balaban J connectivity index is 2.13. The SMILES string of the molecule is CC(C(=O)O)C(=O)Nc1ccc(-n2cc[nH]c2=O)cc1. The van der Waals surface area contributed by atoms with E-state index in [1.54, 1.807) is 30.5 Å². The monoisotopic (exact) mass is 275 g/mol. The zero-order valence-corrected chi connectivity index (χ0v) is 10.7. The molecule has 1 amide bonds. The Hall–Kier alpha value is -2.83. The van der Waals surface area contributed by atoms with Gasteiger partial charge >= 0.3 is 11.7 Å². The lowest BCUT2D eigenvalue weighted by Gasteiger charge is -2.09. The van der Waals surface area contributed by atoms with E-state index in [1.807, 2.05) is 0 Å². The Morgan fingerprint density at radius 2 is 1.95 bits per heavy atom. The molecule has 3 N–H and O–H groups in total. The van der Waals surface area contributed by atoms with Crippen molar-refractivity contribution in [2.75, 3.05) is 5.32 Å². The van der Waals surface area contributed by atoms with Gasteiger partial charge in [-0.25, -0.2) is 4.79 Å². The van der Waals surface area contributed by atoms with E-state index in [0.717, 1.165) is 0 Å². The molecule has 0 aliphatic rings. The van der Waals surface area contributed by atoms with Gasteiger partial charge in [0, 0.05) is 18.1 Å². The molecule has 2 rings (SSSR count). The molecule has 20 heavy (non-hydrogen) atoms. The van der Waals surface area contributed by atoms with Crippen molar-refractivity contribution in [2.45, 2.75) is 6.92 Å². The predicted molar refractivity (Wildman–Crippen MR) is 71.8 cm³/mol. The van der Waals surface area contributed by atoms with E-state index < -0.39 is 17.8 Å². The number of carboxylic acids is 1. The normalized spacial score (nSPS) is 11.8. The Kier molecular flexibility index (Phi) is 3.69. The van der Waals surface area contributed by atoms with E-state index in [2.05, 4.69) is 10.3 Å². The first-order valence-corrected chi connectivity index (χ1v) is 5.89. The van der Waals surface area contributed by atoms with Gasteiger partial charge in [-0.3, -0.25) is 14.2 Å². The molecular formula is C13H13N3O4. The summed E-state index contributed by atoms with van der Waals surface area (Å²) in [6, 6.07) is 6.50. The topological polar surface area (TPSA) is 104 Å². The Morgan fingerprint density at radius 1 is 1.30 bits per heavy atom. The quantitative estimate of drug-likeness (QED) is 0.718. The molecule has 0 aliphatic carbocycles. The van der Waals surface area contributed by atoms with Crippen molar-refractivity contribution in [3.05, 3.63) is 47.1 Å². The van der Waals surface area contributed by atoms with E-state index in [4.69, 9.17) is 5.11 Å². The number of carbonyl (C=O) groups is 2. The van der Waals surface area contributed by atoms with Crippen LogP contribution < -0.4 is 11.0 Å². The molecule has 0 radical (unpaired) electrons. The number of aromatic nitrogens is 2. The second kappa shape index (κ2) is 5.43. The third kappa shape index (κ3) is 2.77. The van der Waals surface area contributed by atoms with Crippen LogP contribution in [0.3, 0.4) is 0 Å². The molecule has 1 aromatic carbocycles. The summed E-state index contributed by atoms with van der Waals surface area (Å²) in [7, 11) is 0. The summed E-state index contributed by atoms with van der Waals surface area (Å²) >= 11 is 0. The average molecular weight is 275 g/mol. The van der Waals surface area contributed by atoms with Crippen molar-refractivity contribution < 1.29 is 14.7 Å². The van der Waals surface area contributed by atoms with Gasteiger partial charge in [0.15, 0.2) is 0 Å². The fraction of sp³-hybridized carbons (Fsp3) is 0.154. The third-order valence-electron chi connectivity index (χ3n) is 2.83. The number of anilines is 1. The van der Waals surface area contributed by atoms with Crippen LogP contribution in [0, 0.1) is 5.92 Å². The first kappa shape index (κ1) is 13.6. The van der Waals surface area contributed by atoms with Crippen LogP contribution in [0.15, 0.2) is 41.5 Å². The molecule has 104 valence electrons. The number of aliphatic carboxylic acids is 1. The average Bonchev–Trinajstić information content (AvgIpc) is 2.85. The van der Waals surface area contributed by atoms with Crippen molar-refractivity contribution in [2.24, 2.45) is 5.92 Å². The van der Waals surface area contributed by atoms with E-state index >= 15 is 0 Å². The number of aromatic amines is 1. The highest BCUT2D eigenvalue weighted by Gasteiger charge is 2.20. The highest BCUT2D eigenvalue weighted by Crippen LogP contribution is 2.13. The highest BCUT2D eigenvalue weighted by atomic mass is 16.4. The number of benzene rings is 1. The Labute approximate surface area is 113 Å². The molecule has 0 saturated heterocycles. The van der Waals surface area contributed by atoms with Gasteiger partial charge in [-0.2, -0.15) is 0 Å². The number of nitrogens with one attached hydrogen (secondary N) is 2. The number of hydrogen-bond acceptors (Lipinski definition) is 3. The lowest BCUT2D eigenvalue weighted by molar-refractivity contribution is -0.144. The smallest absolute Gasteiger partial charge is 0.330 e. The summed E-state index contributed by atoms with van der Waals surface area (Å²) in [5.41, 5.74) is 0.845. The Morgan fingerprint density at radius 3 is 2.45 bits per heavy atom. The zero-order valence-electron chi connectivity index (χ0n) is 10.7. The van der Waals surface area contributed by atoms with Gasteiger partial charge in [0.25, 0.3) is 0 Å². The second-order valence-corrected chi connectivity index (χ2v) is 4.23. The predicted octanol–water partition coefficient (Wildman–Crippen LogP) is 0.825. The molecule has 7 heteroatoms. The molecule has 0 aliphatic heterocycles. The number of H-pyrrole nitrogens is 1. The van der Waals surface area contributed by atoms with Crippen molar-refractivity contribution in [3.63, 3.8) is 0 Å². The number of carboxylic acid groups (broad SMARTS) is 1. The maximum atomic E-state index is 11.6. The Bertz CT molecular complexity index is 684. The largest absolute Gasteiger partial charge is 0.481 e. The van der Waals surface area contributed by atoms with Crippen LogP contribution in [-0.2, 0) is 9.59 Å². The summed E-state index contributed by atoms with van der Waals surface area (Å²) in [6.07, 6.45) is 3.11. The van der Waals surface area contributed by atoms with Gasteiger partial charge in [0.2, 0.25) is 5.91 Å². The molecule has 0 bridgehead atoms. The van der Waals surface area contributed by atoms with E-state index in [9.17, 15) is 14.4 Å².